The standard InChI is InChI=1S/C16H21FN2O2/c1-9(2)13-14(20)18-16(4,5)15(21)19(13)12-8-6-7-11(17)10(12)3/h6-9,13H,1-5H3,(H,18,20). The van der Waals surface area contributed by atoms with Crippen molar-refractivity contribution in [3.8, 4) is 0 Å². The summed E-state index contributed by atoms with van der Waals surface area (Å²) in [6.45, 7) is 8.68. The van der Waals surface area contributed by atoms with Gasteiger partial charge in [-0.2, -0.15) is 0 Å². The maximum Gasteiger partial charge on any atom is 0.252 e. The molecule has 1 saturated heterocycles. The molecule has 114 valence electrons. The third-order valence-corrected chi connectivity index (χ3v) is 3.87. The van der Waals surface area contributed by atoms with Crippen LogP contribution in [0.4, 0.5) is 10.1 Å². The first-order valence-electron chi connectivity index (χ1n) is 7.07. The van der Waals surface area contributed by atoms with Crippen molar-refractivity contribution < 1.29 is 14.0 Å². The smallest absolute Gasteiger partial charge is 0.252 e. The lowest BCUT2D eigenvalue weighted by atomic mass is 9.90. The van der Waals surface area contributed by atoms with Crippen LogP contribution in [0, 0.1) is 18.7 Å². The highest BCUT2D eigenvalue weighted by molar-refractivity contribution is 6.10. The largest absolute Gasteiger partial charge is 0.340 e. The van der Waals surface area contributed by atoms with Gasteiger partial charge in [0.25, 0.3) is 5.91 Å². The predicted octanol–water partition coefficient (Wildman–Crippen LogP) is 2.40. The second-order valence-electron chi connectivity index (χ2n) is 6.36. The zero-order chi connectivity index (χ0) is 15.9. The fourth-order valence-corrected chi connectivity index (χ4v) is 2.70. The van der Waals surface area contributed by atoms with Gasteiger partial charge in [-0.3, -0.25) is 14.5 Å². The van der Waals surface area contributed by atoms with Gasteiger partial charge in [0.1, 0.15) is 17.4 Å². The SMILES string of the molecule is Cc1c(F)cccc1N1C(=O)C(C)(C)NC(=O)C1C(C)C. The molecule has 1 aliphatic rings. The second-order valence-corrected chi connectivity index (χ2v) is 6.36. The van der Waals surface area contributed by atoms with Crippen molar-refractivity contribution in [2.45, 2.75) is 46.2 Å². The van der Waals surface area contributed by atoms with E-state index < -0.39 is 11.6 Å². The monoisotopic (exact) mass is 292 g/mol. The lowest BCUT2D eigenvalue weighted by Gasteiger charge is -2.44. The molecule has 5 heteroatoms. The number of rotatable bonds is 2. The number of benzene rings is 1. The second kappa shape index (κ2) is 5.13. The third kappa shape index (κ3) is 2.52. The number of hydrogen-bond donors (Lipinski definition) is 1. The lowest BCUT2D eigenvalue weighted by Crippen LogP contribution is -2.69. The molecule has 1 aromatic carbocycles. The highest BCUT2D eigenvalue weighted by Crippen LogP contribution is 2.31. The highest BCUT2D eigenvalue weighted by Gasteiger charge is 2.47. The van der Waals surface area contributed by atoms with E-state index in [1.54, 1.807) is 32.9 Å². The molecule has 0 aliphatic carbocycles. The van der Waals surface area contributed by atoms with Gasteiger partial charge >= 0.3 is 0 Å². The Bertz CT molecular complexity index is 596. The van der Waals surface area contributed by atoms with E-state index in [-0.39, 0.29) is 23.5 Å². The molecule has 0 aromatic heterocycles. The van der Waals surface area contributed by atoms with Gasteiger partial charge in [-0.25, -0.2) is 4.39 Å². The molecular weight excluding hydrogens is 271 g/mol. The molecule has 1 N–H and O–H groups in total. The minimum Gasteiger partial charge on any atom is -0.340 e. The molecule has 0 saturated carbocycles. The molecule has 2 rings (SSSR count). The molecule has 0 spiro atoms. The van der Waals surface area contributed by atoms with Crippen molar-refractivity contribution >= 4 is 17.5 Å². The van der Waals surface area contributed by atoms with Crippen LogP contribution < -0.4 is 10.2 Å². The van der Waals surface area contributed by atoms with Crippen LogP contribution in [0.3, 0.4) is 0 Å². The summed E-state index contributed by atoms with van der Waals surface area (Å²) < 4.78 is 13.8. The Morgan fingerprint density at radius 3 is 2.48 bits per heavy atom. The topological polar surface area (TPSA) is 49.4 Å². The van der Waals surface area contributed by atoms with Gasteiger partial charge in [-0.05, 0) is 38.8 Å². The van der Waals surface area contributed by atoms with Gasteiger partial charge in [-0.1, -0.05) is 19.9 Å². The maximum absolute atomic E-state index is 13.8. The van der Waals surface area contributed by atoms with E-state index in [1.165, 1.54) is 11.0 Å². The maximum atomic E-state index is 13.8. The fraction of sp³-hybridized carbons (Fsp3) is 0.500. The molecular formula is C16H21FN2O2. The van der Waals surface area contributed by atoms with Gasteiger partial charge in [0.05, 0.1) is 5.69 Å². The molecule has 0 bridgehead atoms. The number of anilines is 1. The summed E-state index contributed by atoms with van der Waals surface area (Å²) in [6.07, 6.45) is 0. The number of carbonyl (C=O) groups excluding carboxylic acids is 2. The summed E-state index contributed by atoms with van der Waals surface area (Å²) >= 11 is 0. The Morgan fingerprint density at radius 1 is 1.29 bits per heavy atom. The van der Waals surface area contributed by atoms with Crippen molar-refractivity contribution in [1.29, 1.82) is 0 Å². The van der Waals surface area contributed by atoms with E-state index in [9.17, 15) is 14.0 Å². The fourth-order valence-electron chi connectivity index (χ4n) is 2.70. The van der Waals surface area contributed by atoms with Crippen LogP contribution in [0.5, 0.6) is 0 Å². The van der Waals surface area contributed by atoms with Crippen LogP contribution in [-0.2, 0) is 9.59 Å². The van der Waals surface area contributed by atoms with Crippen LogP contribution >= 0.6 is 0 Å². The van der Waals surface area contributed by atoms with Crippen LogP contribution in [0.25, 0.3) is 0 Å². The number of hydrogen-bond acceptors (Lipinski definition) is 2. The van der Waals surface area contributed by atoms with Gasteiger partial charge in [0.15, 0.2) is 0 Å². The van der Waals surface area contributed by atoms with Gasteiger partial charge in [-0.15, -0.1) is 0 Å². The summed E-state index contributed by atoms with van der Waals surface area (Å²) in [7, 11) is 0. The number of nitrogens with zero attached hydrogens (tertiary/aromatic N) is 1. The Labute approximate surface area is 124 Å². The van der Waals surface area contributed by atoms with Crippen LogP contribution in [0.1, 0.15) is 33.3 Å². The first-order chi connectivity index (χ1) is 9.66. The van der Waals surface area contributed by atoms with Crippen LogP contribution in [0.15, 0.2) is 18.2 Å². The van der Waals surface area contributed by atoms with Crippen molar-refractivity contribution in [3.05, 3.63) is 29.6 Å². The van der Waals surface area contributed by atoms with Gasteiger partial charge in [0, 0.05) is 5.56 Å². The average Bonchev–Trinajstić information content (AvgIpc) is 2.36. The number of nitrogens with one attached hydrogen (secondary N) is 1. The minimum atomic E-state index is -0.999. The van der Waals surface area contributed by atoms with Gasteiger partial charge in [0.2, 0.25) is 5.91 Å². The quantitative estimate of drug-likeness (QED) is 0.910. The normalized spacial score (nSPS) is 21.7. The number of carbonyl (C=O) groups is 2. The number of piperazine rings is 1. The molecule has 2 amide bonds. The summed E-state index contributed by atoms with van der Waals surface area (Å²) in [5.74, 6) is -0.896. The van der Waals surface area contributed by atoms with Crippen molar-refractivity contribution in [2.24, 2.45) is 5.92 Å². The Morgan fingerprint density at radius 2 is 1.90 bits per heavy atom. The predicted molar refractivity (Wildman–Crippen MR) is 79.5 cm³/mol. The first kappa shape index (κ1) is 15.5. The van der Waals surface area contributed by atoms with E-state index in [2.05, 4.69) is 5.32 Å². The zero-order valence-electron chi connectivity index (χ0n) is 13.0. The highest BCUT2D eigenvalue weighted by atomic mass is 19.1. The van der Waals surface area contributed by atoms with Crippen molar-refractivity contribution in [2.75, 3.05) is 4.90 Å². The Hall–Kier alpha value is -1.91. The molecule has 4 nitrogen and oxygen atoms in total. The molecule has 21 heavy (non-hydrogen) atoms. The van der Waals surface area contributed by atoms with E-state index in [0.717, 1.165) is 0 Å². The van der Waals surface area contributed by atoms with E-state index in [4.69, 9.17) is 0 Å². The van der Waals surface area contributed by atoms with E-state index in [1.807, 2.05) is 13.8 Å². The molecule has 1 fully saturated rings. The molecule has 1 unspecified atom stereocenters. The Kier molecular flexibility index (Phi) is 3.78. The summed E-state index contributed by atoms with van der Waals surface area (Å²) in [5, 5.41) is 2.75. The molecule has 0 radical (unpaired) electrons. The molecule has 1 aromatic rings. The summed E-state index contributed by atoms with van der Waals surface area (Å²) in [4.78, 5) is 26.6. The summed E-state index contributed by atoms with van der Waals surface area (Å²) in [6, 6.07) is 3.96. The minimum absolute atomic E-state index is 0.0762. The van der Waals surface area contributed by atoms with Gasteiger partial charge < -0.3 is 5.32 Å². The van der Waals surface area contributed by atoms with Crippen LogP contribution in [-0.4, -0.2) is 23.4 Å². The zero-order valence-corrected chi connectivity index (χ0v) is 13.0. The van der Waals surface area contributed by atoms with Crippen molar-refractivity contribution in [3.63, 3.8) is 0 Å². The molecule has 1 heterocycles. The van der Waals surface area contributed by atoms with E-state index in [0.29, 0.717) is 11.3 Å². The van der Waals surface area contributed by atoms with E-state index >= 15 is 0 Å². The lowest BCUT2D eigenvalue weighted by molar-refractivity contribution is -0.138. The molecule has 1 atom stereocenters. The first-order valence-corrected chi connectivity index (χ1v) is 7.07. The van der Waals surface area contributed by atoms with Crippen LogP contribution in [0.2, 0.25) is 0 Å². The van der Waals surface area contributed by atoms with Crippen molar-refractivity contribution in [1.82, 2.24) is 5.32 Å². The molecule has 1 aliphatic heterocycles. The third-order valence-electron chi connectivity index (χ3n) is 3.87. The number of amides is 2. The average molecular weight is 292 g/mol. The number of halogens is 1. The summed E-state index contributed by atoms with van der Waals surface area (Å²) in [5.41, 5.74) is -0.162. The Balaban J connectivity index is 2.61.